The first-order valence-electron chi connectivity index (χ1n) is 0.632. The van der Waals surface area contributed by atoms with Crippen molar-refractivity contribution in [2.24, 2.45) is 0 Å². The summed E-state index contributed by atoms with van der Waals surface area (Å²) in [5.74, 6) is 0. The standard InChI is InChI=1S/Ag.HIO4/c;2-1(3,4)5/h;2H. The van der Waals surface area contributed by atoms with Crippen LogP contribution in [0, 0.1) is 0 Å². The molecular weight excluding hydrogens is 299 g/mol. The minimum absolute atomic E-state index is 0. The summed E-state index contributed by atoms with van der Waals surface area (Å²) in [4.78, 5) is 0. The van der Waals surface area contributed by atoms with Crippen LogP contribution in [0.2, 0.25) is 0 Å². The van der Waals surface area contributed by atoms with Crippen LogP contribution in [0.1, 0.15) is 0 Å². The fraction of sp³-hybridized carbons (Fsp3) is 0. The molecule has 0 saturated carbocycles. The summed E-state index contributed by atoms with van der Waals surface area (Å²) < 4.78 is 33.2. The second kappa shape index (κ2) is 3.33. The van der Waals surface area contributed by atoms with Crippen LogP contribution < -0.4 is 30.4 Å². The molecule has 6 heavy (non-hydrogen) atoms. The Labute approximate surface area is 56.0 Å². The Hall–Kier alpha value is 1.31. The quantitative estimate of drug-likeness (QED) is 0.356. The first kappa shape index (κ1) is 10.3. The summed E-state index contributed by atoms with van der Waals surface area (Å²) in [6.07, 6.45) is 0. The Kier molecular flexibility index (Phi) is 5.73. The predicted octanol–water partition coefficient (Wildman–Crippen LogP) is -7.12. The van der Waals surface area contributed by atoms with E-state index < -0.39 is 20.1 Å². The molecule has 0 heterocycles. The third-order valence-electron chi connectivity index (χ3n) is 0. The number of hydrogen-bond acceptors (Lipinski definition) is 4. The molecule has 0 aromatic heterocycles. The normalized spacial score (nSPS) is 10.0. The van der Waals surface area contributed by atoms with Crippen molar-refractivity contribution < 1.29 is 56.2 Å². The van der Waals surface area contributed by atoms with E-state index in [0.717, 1.165) is 0 Å². The zero-order chi connectivity index (χ0) is 4.50. The van der Waals surface area contributed by atoms with Gasteiger partial charge in [-0.05, 0) is 0 Å². The molecular formula is HAgIO4. The van der Waals surface area contributed by atoms with E-state index in [1.165, 1.54) is 0 Å². The molecule has 6 heteroatoms. The van der Waals surface area contributed by atoms with Crippen LogP contribution in [0.5, 0.6) is 0 Å². The molecule has 1 radical (unpaired) electrons. The number of rotatable bonds is 0. The average Bonchev–Trinajstić information content (AvgIpc) is 0.722. The largest absolute Gasteiger partial charge is 0.368 e. The number of halogens is 1. The topological polar surface area (TPSA) is 89.4 Å². The van der Waals surface area contributed by atoms with Gasteiger partial charge in [-0.25, -0.2) is 0 Å². The molecule has 0 fully saturated rings. The maximum atomic E-state index is 8.73. The molecule has 0 aliphatic rings. The smallest absolute Gasteiger partial charge is 0.256 e. The van der Waals surface area contributed by atoms with Crippen LogP contribution in [0.15, 0.2) is 0 Å². The zero-order valence-electron chi connectivity index (χ0n) is 2.35. The molecule has 0 bridgehead atoms. The van der Waals surface area contributed by atoms with Gasteiger partial charge in [0.25, 0.3) is 0 Å². The molecule has 0 aliphatic heterocycles. The van der Waals surface area contributed by atoms with Crippen molar-refractivity contribution in [3.63, 3.8) is 0 Å². The fourth-order valence-corrected chi connectivity index (χ4v) is 0. The van der Waals surface area contributed by atoms with Crippen molar-refractivity contribution in [1.29, 1.82) is 0 Å². The summed E-state index contributed by atoms with van der Waals surface area (Å²) in [7, 11) is 0. The minimum Gasteiger partial charge on any atom is -0.256 e. The monoisotopic (exact) mass is 299 g/mol. The predicted molar refractivity (Wildman–Crippen MR) is 2.22 cm³/mol. The Bertz CT molecular complexity index is 23.0. The van der Waals surface area contributed by atoms with Crippen molar-refractivity contribution in [1.82, 2.24) is 0 Å². The molecule has 43 valence electrons. The maximum absolute atomic E-state index is 8.73. The van der Waals surface area contributed by atoms with Crippen LogP contribution in [-0.4, -0.2) is 3.44 Å². The zero-order valence-corrected chi connectivity index (χ0v) is 5.99. The molecule has 0 saturated heterocycles. The molecule has 0 rings (SSSR count). The Morgan fingerprint density at radius 2 is 1.17 bits per heavy atom. The van der Waals surface area contributed by atoms with Gasteiger partial charge in [0.05, 0.1) is 0 Å². The van der Waals surface area contributed by atoms with Crippen LogP contribution in [0.4, 0.5) is 0 Å². The van der Waals surface area contributed by atoms with E-state index in [9.17, 15) is 0 Å². The maximum Gasteiger partial charge on any atom is 0.368 e. The molecule has 0 atom stereocenters. The van der Waals surface area contributed by atoms with Crippen LogP contribution in [0.25, 0.3) is 0 Å². The second-order valence-electron chi connectivity index (χ2n) is 0.396. The summed E-state index contributed by atoms with van der Waals surface area (Å²) in [6, 6.07) is 0. The van der Waals surface area contributed by atoms with E-state index in [1.807, 2.05) is 0 Å². The van der Waals surface area contributed by atoms with E-state index in [2.05, 4.69) is 0 Å². The van der Waals surface area contributed by atoms with Crippen LogP contribution >= 0.6 is 0 Å². The molecule has 0 aromatic rings. The van der Waals surface area contributed by atoms with Gasteiger partial charge in [-0.15, -0.1) is 0 Å². The average molecular weight is 300 g/mol. The van der Waals surface area contributed by atoms with Crippen LogP contribution in [-0.2, 0) is 22.4 Å². The molecule has 0 spiro atoms. The van der Waals surface area contributed by atoms with E-state index in [0.29, 0.717) is 0 Å². The van der Waals surface area contributed by atoms with Gasteiger partial charge in [-0.1, -0.05) is 0 Å². The van der Waals surface area contributed by atoms with Crippen molar-refractivity contribution in [2.45, 2.75) is 0 Å². The first-order valence-corrected chi connectivity index (χ1v) is 4.24. The first-order chi connectivity index (χ1) is 2.00. The number of hydrogen-bond donors (Lipinski definition) is 1. The van der Waals surface area contributed by atoms with Gasteiger partial charge in [0.15, 0.2) is 0 Å². The molecule has 0 aliphatic carbocycles. The van der Waals surface area contributed by atoms with Gasteiger partial charge < -0.3 is 0 Å². The van der Waals surface area contributed by atoms with Crippen molar-refractivity contribution in [2.75, 3.05) is 0 Å². The molecule has 0 aromatic carbocycles. The fourth-order valence-electron chi connectivity index (χ4n) is 0. The summed E-state index contributed by atoms with van der Waals surface area (Å²) >= 11 is -5.69. The van der Waals surface area contributed by atoms with Gasteiger partial charge in [0, 0.05) is 25.8 Å². The Balaban J connectivity index is 0. The van der Waals surface area contributed by atoms with Gasteiger partial charge in [0.1, 0.15) is 0 Å². The molecule has 4 nitrogen and oxygen atoms in total. The van der Waals surface area contributed by atoms with Crippen molar-refractivity contribution in [3.05, 3.63) is 0 Å². The van der Waals surface area contributed by atoms with E-state index in [4.69, 9.17) is 13.7 Å². The third kappa shape index (κ3) is 57.5. The summed E-state index contributed by atoms with van der Waals surface area (Å²) in [5.41, 5.74) is 0. The van der Waals surface area contributed by atoms with Gasteiger partial charge in [-0.2, -0.15) is 0 Å². The van der Waals surface area contributed by atoms with Crippen molar-refractivity contribution >= 4 is 0 Å². The van der Waals surface area contributed by atoms with Crippen LogP contribution in [0.3, 0.4) is 0 Å². The summed E-state index contributed by atoms with van der Waals surface area (Å²) in [6.45, 7) is 0. The SMILES string of the molecule is [Ag].[O-][I+3]([O-])([O-])O. The third-order valence-corrected chi connectivity index (χ3v) is 0. The van der Waals surface area contributed by atoms with E-state index in [-0.39, 0.29) is 22.4 Å². The van der Waals surface area contributed by atoms with Gasteiger partial charge in [-0.3, -0.25) is 10.3 Å². The second-order valence-corrected chi connectivity index (χ2v) is 2.66. The summed E-state index contributed by atoms with van der Waals surface area (Å²) in [5, 5.41) is 0. The van der Waals surface area contributed by atoms with E-state index >= 15 is 0 Å². The van der Waals surface area contributed by atoms with Gasteiger partial charge >= 0.3 is 20.1 Å². The molecule has 0 amide bonds. The van der Waals surface area contributed by atoms with Gasteiger partial charge in [0.2, 0.25) is 0 Å². The van der Waals surface area contributed by atoms with Crippen molar-refractivity contribution in [3.8, 4) is 0 Å². The molecule has 0 unspecified atom stereocenters. The Morgan fingerprint density at radius 3 is 1.17 bits per heavy atom. The minimum atomic E-state index is -5.69. The molecule has 1 N–H and O–H groups in total. The van der Waals surface area contributed by atoms with E-state index in [1.54, 1.807) is 0 Å². The Morgan fingerprint density at radius 1 is 1.17 bits per heavy atom.